The van der Waals surface area contributed by atoms with E-state index in [-0.39, 0.29) is 16.5 Å². The van der Waals surface area contributed by atoms with Crippen LogP contribution in [0.3, 0.4) is 0 Å². The molecule has 0 bridgehead atoms. The highest BCUT2D eigenvalue weighted by atomic mass is 32.2. The van der Waals surface area contributed by atoms with Crippen LogP contribution in [-0.4, -0.2) is 36.9 Å². The molecule has 16 heavy (non-hydrogen) atoms. The molecule has 88 valence electrons. The van der Waals surface area contributed by atoms with Gasteiger partial charge in [0.05, 0.1) is 17.3 Å². The van der Waals surface area contributed by atoms with E-state index < -0.39 is 16.4 Å². The molecule has 0 spiro atoms. The van der Waals surface area contributed by atoms with E-state index >= 15 is 0 Å². The molecule has 0 unspecified atom stereocenters. The molecule has 0 saturated heterocycles. The minimum Gasteiger partial charge on any atom is -0.409 e. The molecule has 0 aliphatic carbocycles. The van der Waals surface area contributed by atoms with Crippen molar-refractivity contribution in [2.24, 2.45) is 10.9 Å². The predicted molar refractivity (Wildman–Crippen MR) is 58.1 cm³/mol. The molecular formula is C9H12N2O4S. The summed E-state index contributed by atoms with van der Waals surface area (Å²) in [7, 11) is -3.52. The molecule has 6 nitrogen and oxygen atoms in total. The van der Waals surface area contributed by atoms with Crippen LogP contribution in [0.1, 0.15) is 5.56 Å². The molecule has 1 rings (SSSR count). The van der Waals surface area contributed by atoms with Crippen molar-refractivity contribution in [3.8, 4) is 0 Å². The Hall–Kier alpha value is -1.60. The lowest BCUT2D eigenvalue weighted by molar-refractivity contribution is 0.318. The Bertz CT molecular complexity index is 496. The molecule has 0 radical (unpaired) electrons. The third kappa shape index (κ3) is 2.71. The smallest absolute Gasteiger partial charge is 0.180 e. The van der Waals surface area contributed by atoms with Gasteiger partial charge in [-0.25, -0.2) is 8.42 Å². The molecule has 0 fully saturated rings. The summed E-state index contributed by atoms with van der Waals surface area (Å²) in [5, 5.41) is 19.9. The fourth-order valence-corrected chi connectivity index (χ4v) is 2.21. The van der Waals surface area contributed by atoms with E-state index in [0.29, 0.717) is 5.56 Å². The molecule has 0 amide bonds. The minimum absolute atomic E-state index is 0.0330. The first-order chi connectivity index (χ1) is 7.51. The average molecular weight is 244 g/mol. The molecule has 0 atom stereocenters. The Morgan fingerprint density at radius 1 is 1.44 bits per heavy atom. The van der Waals surface area contributed by atoms with Crippen LogP contribution in [0.5, 0.6) is 0 Å². The summed E-state index contributed by atoms with van der Waals surface area (Å²) in [6, 6.07) is 5.68. The second-order valence-electron chi connectivity index (χ2n) is 3.06. The largest absolute Gasteiger partial charge is 0.409 e. The van der Waals surface area contributed by atoms with Crippen LogP contribution in [0.4, 0.5) is 0 Å². The van der Waals surface area contributed by atoms with E-state index in [2.05, 4.69) is 5.16 Å². The molecule has 0 heterocycles. The van der Waals surface area contributed by atoms with E-state index in [0.717, 1.165) is 0 Å². The summed E-state index contributed by atoms with van der Waals surface area (Å²) in [6.45, 7) is -0.448. The van der Waals surface area contributed by atoms with Gasteiger partial charge in [-0.3, -0.25) is 0 Å². The lowest BCUT2D eigenvalue weighted by Gasteiger charge is -2.04. The zero-order chi connectivity index (χ0) is 12.2. The van der Waals surface area contributed by atoms with Gasteiger partial charge in [-0.05, 0) is 12.1 Å². The van der Waals surface area contributed by atoms with Crippen LogP contribution in [0.2, 0.25) is 0 Å². The topological polar surface area (TPSA) is 113 Å². The zero-order valence-electron chi connectivity index (χ0n) is 8.37. The van der Waals surface area contributed by atoms with Gasteiger partial charge in [-0.15, -0.1) is 0 Å². The van der Waals surface area contributed by atoms with Crippen molar-refractivity contribution >= 4 is 15.7 Å². The number of benzene rings is 1. The highest BCUT2D eigenvalue weighted by Crippen LogP contribution is 2.13. The van der Waals surface area contributed by atoms with Gasteiger partial charge in [-0.1, -0.05) is 17.3 Å². The molecule has 0 saturated carbocycles. The monoisotopic (exact) mass is 244 g/mol. The zero-order valence-corrected chi connectivity index (χ0v) is 9.18. The van der Waals surface area contributed by atoms with Crippen molar-refractivity contribution < 1.29 is 18.7 Å². The SMILES string of the molecule is N/C(=N/O)c1cccc(S(=O)(=O)CCO)c1. The van der Waals surface area contributed by atoms with Gasteiger partial charge in [0.2, 0.25) is 0 Å². The van der Waals surface area contributed by atoms with Crippen LogP contribution in [0.25, 0.3) is 0 Å². The van der Waals surface area contributed by atoms with Gasteiger partial charge in [0, 0.05) is 5.56 Å². The van der Waals surface area contributed by atoms with Crippen LogP contribution in [-0.2, 0) is 9.84 Å². The number of nitrogens with two attached hydrogens (primary N) is 1. The van der Waals surface area contributed by atoms with E-state index in [9.17, 15) is 8.42 Å². The van der Waals surface area contributed by atoms with E-state index in [1.807, 2.05) is 0 Å². The van der Waals surface area contributed by atoms with Crippen LogP contribution in [0, 0.1) is 0 Å². The van der Waals surface area contributed by atoms with Gasteiger partial charge in [-0.2, -0.15) is 0 Å². The number of rotatable bonds is 4. The highest BCUT2D eigenvalue weighted by molar-refractivity contribution is 7.91. The first kappa shape index (κ1) is 12.5. The first-order valence-corrected chi connectivity index (χ1v) is 6.08. The minimum atomic E-state index is -3.52. The number of sulfone groups is 1. The standard InChI is InChI=1S/C9H12N2O4S/c10-9(11-13)7-2-1-3-8(6-7)16(14,15)5-4-12/h1-3,6,12-13H,4-5H2,(H2,10,11). The third-order valence-corrected chi connectivity index (χ3v) is 3.65. The third-order valence-electron chi connectivity index (χ3n) is 1.96. The molecule has 4 N–H and O–H groups in total. The Morgan fingerprint density at radius 3 is 2.69 bits per heavy atom. The van der Waals surface area contributed by atoms with Crippen molar-refractivity contribution in [1.82, 2.24) is 0 Å². The van der Waals surface area contributed by atoms with Crippen molar-refractivity contribution in [3.63, 3.8) is 0 Å². The van der Waals surface area contributed by atoms with E-state index in [1.165, 1.54) is 24.3 Å². The van der Waals surface area contributed by atoms with Gasteiger partial charge < -0.3 is 16.0 Å². The number of oxime groups is 1. The molecule has 1 aromatic carbocycles. The first-order valence-electron chi connectivity index (χ1n) is 4.43. The summed E-state index contributed by atoms with van der Waals surface area (Å²) >= 11 is 0. The van der Waals surface area contributed by atoms with Crippen LogP contribution in [0.15, 0.2) is 34.3 Å². The lowest BCUT2D eigenvalue weighted by atomic mass is 10.2. The van der Waals surface area contributed by atoms with E-state index in [1.54, 1.807) is 0 Å². The maximum atomic E-state index is 11.6. The second-order valence-corrected chi connectivity index (χ2v) is 5.16. The number of hydrogen-bond donors (Lipinski definition) is 3. The Kier molecular flexibility index (Phi) is 3.86. The fraction of sp³-hybridized carbons (Fsp3) is 0.222. The molecule has 0 aromatic heterocycles. The Morgan fingerprint density at radius 2 is 2.12 bits per heavy atom. The Labute approximate surface area is 92.9 Å². The molecule has 0 aliphatic rings. The Balaban J connectivity index is 3.18. The van der Waals surface area contributed by atoms with Crippen LogP contribution >= 0.6 is 0 Å². The summed E-state index contributed by atoms with van der Waals surface area (Å²) in [5.74, 6) is -0.520. The van der Waals surface area contributed by atoms with Crippen molar-refractivity contribution in [1.29, 1.82) is 0 Å². The molecule has 7 heteroatoms. The molecule has 1 aromatic rings. The van der Waals surface area contributed by atoms with Crippen molar-refractivity contribution in [2.75, 3.05) is 12.4 Å². The summed E-state index contributed by atoms with van der Waals surface area (Å²) in [5.41, 5.74) is 5.64. The van der Waals surface area contributed by atoms with Crippen LogP contribution < -0.4 is 5.73 Å². The number of nitrogens with zero attached hydrogens (tertiary/aromatic N) is 1. The number of amidine groups is 1. The van der Waals surface area contributed by atoms with Crippen molar-refractivity contribution in [3.05, 3.63) is 29.8 Å². The predicted octanol–water partition coefficient (Wildman–Crippen LogP) is -0.453. The van der Waals surface area contributed by atoms with Gasteiger partial charge in [0.1, 0.15) is 0 Å². The average Bonchev–Trinajstić information content (AvgIpc) is 2.28. The van der Waals surface area contributed by atoms with Gasteiger partial charge >= 0.3 is 0 Å². The number of hydrogen-bond acceptors (Lipinski definition) is 5. The maximum Gasteiger partial charge on any atom is 0.180 e. The molecular weight excluding hydrogens is 232 g/mol. The quantitative estimate of drug-likeness (QED) is 0.287. The van der Waals surface area contributed by atoms with Crippen molar-refractivity contribution in [2.45, 2.75) is 4.90 Å². The summed E-state index contributed by atoms with van der Waals surface area (Å²) in [6.07, 6.45) is 0. The second kappa shape index (κ2) is 4.95. The van der Waals surface area contributed by atoms with Gasteiger partial charge in [0.15, 0.2) is 15.7 Å². The van der Waals surface area contributed by atoms with Gasteiger partial charge in [0.25, 0.3) is 0 Å². The number of aliphatic hydroxyl groups excluding tert-OH is 1. The summed E-state index contributed by atoms with van der Waals surface area (Å²) in [4.78, 5) is 0.0330. The summed E-state index contributed by atoms with van der Waals surface area (Å²) < 4.78 is 23.2. The lowest BCUT2D eigenvalue weighted by Crippen LogP contribution is -2.15. The fourth-order valence-electron chi connectivity index (χ4n) is 1.14. The molecule has 0 aliphatic heterocycles. The number of aliphatic hydroxyl groups is 1. The normalized spacial score (nSPS) is 12.7. The van der Waals surface area contributed by atoms with E-state index in [4.69, 9.17) is 16.0 Å². The maximum absolute atomic E-state index is 11.6. The highest BCUT2D eigenvalue weighted by Gasteiger charge is 2.14.